The van der Waals surface area contributed by atoms with Crippen molar-refractivity contribution in [1.82, 2.24) is 5.16 Å². The standard InChI is InChI=1S/C10H13NO3/c1-6-4-7(11-14-6)10(8(12)13)5-9(10,2)3/h4H,5H2,1-3H3,(H,12,13). The molecule has 1 N–H and O–H groups in total. The van der Waals surface area contributed by atoms with E-state index < -0.39 is 11.4 Å². The highest BCUT2D eigenvalue weighted by Gasteiger charge is 2.69. The first-order valence-electron chi connectivity index (χ1n) is 4.57. The lowest BCUT2D eigenvalue weighted by atomic mass is 9.92. The first-order valence-corrected chi connectivity index (χ1v) is 4.57. The maximum absolute atomic E-state index is 11.2. The quantitative estimate of drug-likeness (QED) is 0.780. The Morgan fingerprint density at radius 1 is 1.64 bits per heavy atom. The van der Waals surface area contributed by atoms with Crippen molar-refractivity contribution in [3.8, 4) is 0 Å². The third kappa shape index (κ3) is 0.937. The van der Waals surface area contributed by atoms with Gasteiger partial charge in [0.05, 0.1) is 0 Å². The summed E-state index contributed by atoms with van der Waals surface area (Å²) in [4.78, 5) is 11.2. The summed E-state index contributed by atoms with van der Waals surface area (Å²) in [7, 11) is 0. The van der Waals surface area contributed by atoms with Crippen molar-refractivity contribution in [3.05, 3.63) is 17.5 Å². The van der Waals surface area contributed by atoms with Crippen LogP contribution < -0.4 is 0 Å². The molecule has 1 aromatic rings. The van der Waals surface area contributed by atoms with Crippen LogP contribution in [0.1, 0.15) is 31.7 Å². The van der Waals surface area contributed by atoms with Crippen LogP contribution in [0.15, 0.2) is 10.6 Å². The third-order valence-electron chi connectivity index (χ3n) is 3.17. The number of hydrogen-bond donors (Lipinski definition) is 1. The Morgan fingerprint density at radius 2 is 2.21 bits per heavy atom. The molecule has 1 unspecified atom stereocenters. The van der Waals surface area contributed by atoms with Gasteiger partial charge in [-0.1, -0.05) is 19.0 Å². The molecule has 1 aliphatic carbocycles. The topological polar surface area (TPSA) is 63.3 Å². The van der Waals surface area contributed by atoms with Crippen molar-refractivity contribution in [2.75, 3.05) is 0 Å². The molecule has 1 fully saturated rings. The summed E-state index contributed by atoms with van der Waals surface area (Å²) in [5, 5.41) is 13.0. The highest BCUT2D eigenvalue weighted by molar-refractivity contribution is 5.86. The van der Waals surface area contributed by atoms with Gasteiger partial charge in [0.1, 0.15) is 16.9 Å². The second kappa shape index (κ2) is 2.38. The lowest BCUT2D eigenvalue weighted by molar-refractivity contribution is -0.141. The Labute approximate surface area is 81.9 Å². The van der Waals surface area contributed by atoms with Gasteiger partial charge in [-0.15, -0.1) is 0 Å². The molecule has 0 spiro atoms. The molecular formula is C10H13NO3. The van der Waals surface area contributed by atoms with Crippen LogP contribution in [0.4, 0.5) is 0 Å². The van der Waals surface area contributed by atoms with Crippen LogP contribution in [0.25, 0.3) is 0 Å². The Balaban J connectivity index is 2.46. The summed E-state index contributed by atoms with van der Waals surface area (Å²) in [6, 6.07) is 1.71. The molecule has 76 valence electrons. The first kappa shape index (κ1) is 9.24. The molecule has 4 heteroatoms. The Kier molecular flexibility index (Phi) is 1.57. The summed E-state index contributed by atoms with van der Waals surface area (Å²) in [6.07, 6.45) is 0.626. The summed E-state index contributed by atoms with van der Waals surface area (Å²) in [6.45, 7) is 5.64. The molecule has 1 saturated carbocycles. The predicted molar refractivity (Wildman–Crippen MR) is 49.0 cm³/mol. The monoisotopic (exact) mass is 195 g/mol. The van der Waals surface area contributed by atoms with Crippen LogP contribution in [0.2, 0.25) is 0 Å². The molecular weight excluding hydrogens is 182 g/mol. The minimum atomic E-state index is -0.829. The molecule has 1 atom stereocenters. The summed E-state index contributed by atoms with van der Waals surface area (Å²) in [5.74, 6) is -0.154. The Hall–Kier alpha value is -1.32. The molecule has 1 aliphatic rings. The molecule has 0 aromatic carbocycles. The fourth-order valence-corrected chi connectivity index (χ4v) is 2.10. The van der Waals surface area contributed by atoms with Gasteiger partial charge in [0.15, 0.2) is 0 Å². The molecule has 0 amide bonds. The van der Waals surface area contributed by atoms with Gasteiger partial charge >= 0.3 is 5.97 Å². The van der Waals surface area contributed by atoms with Crippen molar-refractivity contribution in [1.29, 1.82) is 0 Å². The van der Waals surface area contributed by atoms with Crippen molar-refractivity contribution in [2.24, 2.45) is 5.41 Å². The van der Waals surface area contributed by atoms with E-state index in [0.29, 0.717) is 17.9 Å². The van der Waals surface area contributed by atoms with E-state index in [0.717, 1.165) is 0 Å². The fraction of sp³-hybridized carbons (Fsp3) is 0.600. The number of rotatable bonds is 2. The van der Waals surface area contributed by atoms with Crippen molar-refractivity contribution in [2.45, 2.75) is 32.6 Å². The molecule has 14 heavy (non-hydrogen) atoms. The largest absolute Gasteiger partial charge is 0.481 e. The molecule has 2 rings (SSSR count). The second-order valence-electron chi connectivity index (χ2n) is 4.59. The van der Waals surface area contributed by atoms with E-state index in [1.54, 1.807) is 13.0 Å². The van der Waals surface area contributed by atoms with Crippen LogP contribution in [-0.4, -0.2) is 16.2 Å². The van der Waals surface area contributed by atoms with E-state index in [9.17, 15) is 9.90 Å². The highest BCUT2D eigenvalue weighted by atomic mass is 16.5. The maximum atomic E-state index is 11.2. The van der Waals surface area contributed by atoms with E-state index in [1.807, 2.05) is 13.8 Å². The molecule has 1 aromatic heterocycles. The summed E-state index contributed by atoms with van der Waals surface area (Å²) in [5.41, 5.74) is -0.500. The molecule has 0 bridgehead atoms. The average Bonchev–Trinajstić information content (AvgIpc) is 2.44. The predicted octanol–water partition coefficient (Wildman–Crippen LogP) is 1.74. The number of carboxylic acids is 1. The molecule has 4 nitrogen and oxygen atoms in total. The van der Waals surface area contributed by atoms with Gasteiger partial charge in [-0.2, -0.15) is 0 Å². The van der Waals surface area contributed by atoms with Gasteiger partial charge in [-0.05, 0) is 18.8 Å². The number of nitrogens with zero attached hydrogens (tertiary/aromatic N) is 1. The smallest absolute Gasteiger partial charge is 0.316 e. The molecule has 0 radical (unpaired) electrons. The number of aromatic nitrogens is 1. The summed E-state index contributed by atoms with van der Waals surface area (Å²) >= 11 is 0. The van der Waals surface area contributed by atoms with E-state index in [-0.39, 0.29) is 5.41 Å². The normalized spacial score (nSPS) is 28.8. The minimum Gasteiger partial charge on any atom is -0.481 e. The third-order valence-corrected chi connectivity index (χ3v) is 3.17. The van der Waals surface area contributed by atoms with Gasteiger partial charge in [-0.25, -0.2) is 0 Å². The molecule has 0 aliphatic heterocycles. The minimum absolute atomic E-state index is 0.220. The number of hydrogen-bond acceptors (Lipinski definition) is 3. The Bertz CT molecular complexity index is 394. The van der Waals surface area contributed by atoms with Gasteiger partial charge in [-0.3, -0.25) is 4.79 Å². The van der Waals surface area contributed by atoms with Crippen LogP contribution in [0.3, 0.4) is 0 Å². The zero-order valence-electron chi connectivity index (χ0n) is 8.50. The van der Waals surface area contributed by atoms with Gasteiger partial charge < -0.3 is 9.63 Å². The maximum Gasteiger partial charge on any atom is 0.316 e. The van der Waals surface area contributed by atoms with Crippen molar-refractivity contribution >= 4 is 5.97 Å². The lowest BCUT2D eigenvalue weighted by Gasteiger charge is -2.11. The SMILES string of the molecule is Cc1cc(C2(C(=O)O)CC2(C)C)no1. The highest BCUT2D eigenvalue weighted by Crippen LogP contribution is 2.64. The molecule has 1 heterocycles. The van der Waals surface area contributed by atoms with E-state index in [1.165, 1.54) is 0 Å². The lowest BCUT2D eigenvalue weighted by Crippen LogP contribution is -2.25. The molecule has 0 saturated heterocycles. The number of aliphatic carboxylic acids is 1. The number of aryl methyl sites for hydroxylation is 1. The van der Waals surface area contributed by atoms with E-state index in [4.69, 9.17) is 4.52 Å². The second-order valence-corrected chi connectivity index (χ2v) is 4.59. The van der Waals surface area contributed by atoms with Gasteiger partial charge in [0.25, 0.3) is 0 Å². The first-order chi connectivity index (χ1) is 6.40. The Morgan fingerprint density at radius 3 is 2.50 bits per heavy atom. The van der Waals surface area contributed by atoms with E-state index >= 15 is 0 Å². The van der Waals surface area contributed by atoms with E-state index in [2.05, 4.69) is 5.16 Å². The average molecular weight is 195 g/mol. The zero-order valence-corrected chi connectivity index (χ0v) is 8.50. The summed E-state index contributed by atoms with van der Waals surface area (Å²) < 4.78 is 4.92. The van der Waals surface area contributed by atoms with Crippen LogP contribution in [0.5, 0.6) is 0 Å². The van der Waals surface area contributed by atoms with Crippen LogP contribution in [-0.2, 0) is 10.2 Å². The zero-order chi connectivity index (χ0) is 10.6. The fourth-order valence-electron chi connectivity index (χ4n) is 2.10. The van der Waals surface area contributed by atoms with Gasteiger partial charge in [0.2, 0.25) is 0 Å². The van der Waals surface area contributed by atoms with Crippen LogP contribution in [0, 0.1) is 12.3 Å². The number of carbonyl (C=O) groups is 1. The van der Waals surface area contributed by atoms with Crippen LogP contribution >= 0.6 is 0 Å². The van der Waals surface area contributed by atoms with Crippen molar-refractivity contribution in [3.63, 3.8) is 0 Å². The van der Waals surface area contributed by atoms with Crippen molar-refractivity contribution < 1.29 is 14.4 Å². The number of carboxylic acid groups (broad SMARTS) is 1. The van der Waals surface area contributed by atoms with Gasteiger partial charge in [0, 0.05) is 6.07 Å².